The standard InChI is InChI=1S/C17H21BrN2O2/c1-21-12-5-3-11(4-6-12)16(19)10-17(20)14-8-7-13(22-2)9-15(14)18/h3-9,16-17H,10,19-20H2,1-2H3. The highest BCUT2D eigenvalue weighted by atomic mass is 79.9. The second kappa shape index (κ2) is 7.63. The van der Waals surface area contributed by atoms with Gasteiger partial charge in [0.05, 0.1) is 14.2 Å². The van der Waals surface area contributed by atoms with Gasteiger partial charge < -0.3 is 20.9 Å². The average molecular weight is 365 g/mol. The molecule has 0 heterocycles. The normalized spacial score (nSPS) is 13.5. The fraction of sp³-hybridized carbons (Fsp3) is 0.294. The highest BCUT2D eigenvalue weighted by molar-refractivity contribution is 9.10. The first kappa shape index (κ1) is 16.8. The Labute approximate surface area is 139 Å². The summed E-state index contributed by atoms with van der Waals surface area (Å²) in [6, 6.07) is 13.3. The minimum Gasteiger partial charge on any atom is -0.497 e. The van der Waals surface area contributed by atoms with Crippen LogP contribution >= 0.6 is 15.9 Å². The average Bonchev–Trinajstić information content (AvgIpc) is 2.54. The van der Waals surface area contributed by atoms with Crippen molar-refractivity contribution < 1.29 is 9.47 Å². The molecule has 4 nitrogen and oxygen atoms in total. The van der Waals surface area contributed by atoms with Crippen LogP contribution in [0, 0.1) is 0 Å². The molecule has 2 unspecified atom stereocenters. The summed E-state index contributed by atoms with van der Waals surface area (Å²) in [4.78, 5) is 0. The van der Waals surface area contributed by atoms with Crippen LogP contribution < -0.4 is 20.9 Å². The summed E-state index contributed by atoms with van der Waals surface area (Å²) < 4.78 is 11.3. The van der Waals surface area contributed by atoms with E-state index in [-0.39, 0.29) is 12.1 Å². The molecule has 118 valence electrons. The van der Waals surface area contributed by atoms with Crippen molar-refractivity contribution in [1.82, 2.24) is 0 Å². The monoisotopic (exact) mass is 364 g/mol. The van der Waals surface area contributed by atoms with Crippen LogP contribution in [-0.2, 0) is 0 Å². The van der Waals surface area contributed by atoms with Gasteiger partial charge in [-0.2, -0.15) is 0 Å². The van der Waals surface area contributed by atoms with Crippen LogP contribution in [0.4, 0.5) is 0 Å². The summed E-state index contributed by atoms with van der Waals surface area (Å²) in [5, 5.41) is 0. The lowest BCUT2D eigenvalue weighted by Crippen LogP contribution is -2.20. The molecule has 0 spiro atoms. The molecule has 0 radical (unpaired) electrons. The lowest BCUT2D eigenvalue weighted by Gasteiger charge is -2.19. The van der Waals surface area contributed by atoms with Crippen molar-refractivity contribution in [3.8, 4) is 11.5 Å². The van der Waals surface area contributed by atoms with Crippen molar-refractivity contribution in [2.24, 2.45) is 11.5 Å². The van der Waals surface area contributed by atoms with Gasteiger partial charge in [0.2, 0.25) is 0 Å². The summed E-state index contributed by atoms with van der Waals surface area (Å²) >= 11 is 3.54. The number of rotatable bonds is 6. The van der Waals surface area contributed by atoms with Gasteiger partial charge in [0.15, 0.2) is 0 Å². The first-order chi connectivity index (χ1) is 10.5. The van der Waals surface area contributed by atoms with Crippen LogP contribution in [0.15, 0.2) is 46.9 Å². The molecule has 0 bridgehead atoms. The van der Waals surface area contributed by atoms with Crippen molar-refractivity contribution in [1.29, 1.82) is 0 Å². The number of methoxy groups -OCH3 is 2. The molecule has 0 saturated heterocycles. The van der Waals surface area contributed by atoms with Crippen molar-refractivity contribution in [3.05, 3.63) is 58.1 Å². The molecule has 22 heavy (non-hydrogen) atoms. The maximum absolute atomic E-state index is 6.31. The molecule has 5 heteroatoms. The first-order valence-electron chi connectivity index (χ1n) is 7.03. The fourth-order valence-corrected chi connectivity index (χ4v) is 2.98. The predicted octanol–water partition coefficient (Wildman–Crippen LogP) is 3.56. The number of halogens is 1. The Morgan fingerprint density at radius 1 is 0.909 bits per heavy atom. The number of hydrogen-bond donors (Lipinski definition) is 2. The predicted molar refractivity (Wildman–Crippen MR) is 92.2 cm³/mol. The quantitative estimate of drug-likeness (QED) is 0.821. The molecule has 2 aromatic carbocycles. The zero-order chi connectivity index (χ0) is 16.1. The third-order valence-corrected chi connectivity index (χ3v) is 4.35. The summed E-state index contributed by atoms with van der Waals surface area (Å²) in [5.74, 6) is 1.61. The zero-order valence-electron chi connectivity index (χ0n) is 12.8. The molecule has 4 N–H and O–H groups in total. The number of benzene rings is 2. The molecule has 0 aliphatic rings. The number of hydrogen-bond acceptors (Lipinski definition) is 4. The van der Waals surface area contributed by atoms with E-state index < -0.39 is 0 Å². The molecule has 0 aliphatic carbocycles. The van der Waals surface area contributed by atoms with Crippen LogP contribution in [0.1, 0.15) is 29.6 Å². The van der Waals surface area contributed by atoms with Gasteiger partial charge in [0, 0.05) is 16.6 Å². The van der Waals surface area contributed by atoms with Gasteiger partial charge in [0.25, 0.3) is 0 Å². The van der Waals surface area contributed by atoms with Crippen LogP contribution in [0.5, 0.6) is 11.5 Å². The number of nitrogens with two attached hydrogens (primary N) is 2. The largest absolute Gasteiger partial charge is 0.497 e. The third kappa shape index (κ3) is 4.00. The molecular formula is C17H21BrN2O2. The topological polar surface area (TPSA) is 70.5 Å². The maximum Gasteiger partial charge on any atom is 0.120 e. The summed E-state index contributed by atoms with van der Waals surface area (Å²) in [5.41, 5.74) is 14.6. The Morgan fingerprint density at radius 2 is 1.50 bits per heavy atom. The zero-order valence-corrected chi connectivity index (χ0v) is 14.3. The molecule has 0 saturated carbocycles. The van der Waals surface area contributed by atoms with Crippen molar-refractivity contribution in [3.63, 3.8) is 0 Å². The second-order valence-corrected chi connectivity index (χ2v) is 5.96. The van der Waals surface area contributed by atoms with E-state index in [0.29, 0.717) is 6.42 Å². The molecule has 0 aliphatic heterocycles. The van der Waals surface area contributed by atoms with Gasteiger partial charge in [-0.15, -0.1) is 0 Å². The SMILES string of the molecule is COc1ccc(C(N)CC(N)c2ccc(OC)cc2Br)cc1. The van der Waals surface area contributed by atoms with E-state index in [4.69, 9.17) is 20.9 Å². The molecule has 2 aromatic rings. The molecule has 0 fully saturated rings. The van der Waals surface area contributed by atoms with Gasteiger partial charge in [-0.25, -0.2) is 0 Å². The van der Waals surface area contributed by atoms with E-state index in [1.165, 1.54) is 0 Å². The van der Waals surface area contributed by atoms with Crippen LogP contribution in [0.3, 0.4) is 0 Å². The molecular weight excluding hydrogens is 344 g/mol. The van der Waals surface area contributed by atoms with E-state index in [1.54, 1.807) is 14.2 Å². The van der Waals surface area contributed by atoms with Crippen molar-refractivity contribution in [2.75, 3.05) is 14.2 Å². The van der Waals surface area contributed by atoms with Gasteiger partial charge in [-0.3, -0.25) is 0 Å². The summed E-state index contributed by atoms with van der Waals surface area (Å²) in [6.07, 6.45) is 0.650. The van der Waals surface area contributed by atoms with Crippen LogP contribution in [0.25, 0.3) is 0 Å². The Balaban J connectivity index is 2.08. The lowest BCUT2D eigenvalue weighted by atomic mass is 9.96. The Hall–Kier alpha value is -1.56. The molecule has 2 atom stereocenters. The second-order valence-electron chi connectivity index (χ2n) is 5.11. The van der Waals surface area contributed by atoms with E-state index >= 15 is 0 Å². The van der Waals surface area contributed by atoms with Crippen molar-refractivity contribution >= 4 is 15.9 Å². The highest BCUT2D eigenvalue weighted by Crippen LogP contribution is 2.31. The van der Waals surface area contributed by atoms with E-state index in [9.17, 15) is 0 Å². The van der Waals surface area contributed by atoms with Crippen LogP contribution in [-0.4, -0.2) is 14.2 Å². The Kier molecular flexibility index (Phi) is 5.83. The first-order valence-corrected chi connectivity index (χ1v) is 7.83. The van der Waals surface area contributed by atoms with Gasteiger partial charge in [-0.05, 0) is 41.8 Å². The molecule has 0 amide bonds. The third-order valence-electron chi connectivity index (χ3n) is 3.66. The van der Waals surface area contributed by atoms with Crippen LogP contribution in [0.2, 0.25) is 0 Å². The van der Waals surface area contributed by atoms with E-state index in [2.05, 4.69) is 15.9 Å². The van der Waals surface area contributed by atoms with E-state index in [1.807, 2.05) is 42.5 Å². The Bertz CT molecular complexity index is 617. The molecule has 0 aromatic heterocycles. The fourth-order valence-electron chi connectivity index (χ4n) is 2.32. The summed E-state index contributed by atoms with van der Waals surface area (Å²) in [7, 11) is 3.28. The van der Waals surface area contributed by atoms with Gasteiger partial charge in [-0.1, -0.05) is 34.1 Å². The van der Waals surface area contributed by atoms with Gasteiger partial charge in [0.1, 0.15) is 11.5 Å². The Morgan fingerprint density at radius 3 is 2.05 bits per heavy atom. The summed E-state index contributed by atoms with van der Waals surface area (Å²) in [6.45, 7) is 0. The molecule has 2 rings (SSSR count). The number of ether oxygens (including phenoxy) is 2. The maximum atomic E-state index is 6.31. The van der Waals surface area contributed by atoms with Crippen molar-refractivity contribution in [2.45, 2.75) is 18.5 Å². The minimum absolute atomic E-state index is 0.130. The lowest BCUT2D eigenvalue weighted by molar-refractivity contribution is 0.414. The van der Waals surface area contributed by atoms with E-state index in [0.717, 1.165) is 27.1 Å². The smallest absolute Gasteiger partial charge is 0.120 e. The highest BCUT2D eigenvalue weighted by Gasteiger charge is 2.16. The minimum atomic E-state index is -0.155. The van der Waals surface area contributed by atoms with Gasteiger partial charge >= 0.3 is 0 Å².